The number of quaternary nitrogens is 1. The Morgan fingerprint density at radius 1 is 1.08 bits per heavy atom. The van der Waals surface area contributed by atoms with E-state index in [1.54, 1.807) is 18.3 Å². The summed E-state index contributed by atoms with van der Waals surface area (Å²) < 4.78 is 46.6. The average Bonchev–Trinajstić information content (AvgIpc) is 3.06. The van der Waals surface area contributed by atoms with Crippen LogP contribution in [-0.4, -0.2) is 60.1 Å². The second-order valence-electron chi connectivity index (χ2n) is 12.4. The Bertz CT molecular complexity index is 2030. The summed E-state index contributed by atoms with van der Waals surface area (Å²) in [4.78, 5) is 32.9. The normalized spacial score (nSPS) is 15.4. The largest absolute Gasteiger partial charge is 0.466 e. The van der Waals surface area contributed by atoms with Crippen molar-refractivity contribution in [3.05, 3.63) is 118 Å². The van der Waals surface area contributed by atoms with Crippen LogP contribution in [0.3, 0.4) is 0 Å². The van der Waals surface area contributed by atoms with Crippen molar-refractivity contribution in [3.8, 4) is 6.07 Å². The lowest BCUT2D eigenvalue weighted by Gasteiger charge is -2.43. The summed E-state index contributed by atoms with van der Waals surface area (Å²) in [5, 5.41) is 19.8. The van der Waals surface area contributed by atoms with Crippen LogP contribution >= 0.6 is 0 Å². The highest BCUT2D eigenvalue weighted by molar-refractivity contribution is 6.10. The number of hydrogen-bond donors (Lipinski definition) is 2. The van der Waals surface area contributed by atoms with E-state index < -0.39 is 35.7 Å². The Labute approximate surface area is 281 Å². The summed E-state index contributed by atoms with van der Waals surface area (Å²) >= 11 is 0. The lowest BCUT2D eigenvalue weighted by molar-refractivity contribution is -0.903. The number of primary amides is 1. The van der Waals surface area contributed by atoms with Crippen LogP contribution in [0.15, 0.2) is 90.3 Å². The van der Waals surface area contributed by atoms with Gasteiger partial charge in [-0.15, -0.1) is 0 Å². The molecule has 4 aromatic rings. The van der Waals surface area contributed by atoms with Gasteiger partial charge in [-0.25, -0.2) is 9.59 Å². The van der Waals surface area contributed by atoms with E-state index in [2.05, 4.69) is 31.2 Å². The molecule has 3 N–H and O–H groups in total. The summed E-state index contributed by atoms with van der Waals surface area (Å²) in [5.41, 5.74) is 8.12. The molecule has 1 aliphatic heterocycles. The Balaban J connectivity index is 1.58. The SMILES string of the molecule is COC(=O)C1=C(C)N(c2cccc(C(F)(F)F)c2)C(=N)N(C(N)=O)[C@@H]1c1ccc(C#N)cc1CC[N+](C)(C)Cc1ccc2ncccc2c1. The minimum absolute atomic E-state index is 0.0795. The van der Waals surface area contributed by atoms with Gasteiger partial charge < -0.3 is 15.0 Å². The summed E-state index contributed by atoms with van der Waals surface area (Å²) in [5.74, 6) is -1.42. The first-order valence-electron chi connectivity index (χ1n) is 15.3. The minimum Gasteiger partial charge on any atom is -0.466 e. The molecule has 2 amide bonds. The number of hydrogen-bond acceptors (Lipinski definition) is 6. The second kappa shape index (κ2) is 13.4. The molecule has 0 saturated carbocycles. The molecule has 5 rings (SSSR count). The van der Waals surface area contributed by atoms with Crippen molar-refractivity contribution in [2.45, 2.75) is 32.1 Å². The maximum absolute atomic E-state index is 13.7. The number of nitriles is 1. The number of amides is 2. The van der Waals surface area contributed by atoms with E-state index in [1.807, 2.05) is 24.3 Å². The number of carbonyl (C=O) groups excluding carboxylic acids is 2. The predicted molar refractivity (Wildman–Crippen MR) is 178 cm³/mol. The highest BCUT2D eigenvalue weighted by atomic mass is 19.4. The van der Waals surface area contributed by atoms with E-state index in [0.29, 0.717) is 40.7 Å². The van der Waals surface area contributed by atoms with Gasteiger partial charge in [0, 0.05) is 35.0 Å². The van der Waals surface area contributed by atoms with Crippen LogP contribution < -0.4 is 10.6 Å². The number of rotatable bonds is 8. The number of ether oxygens (including phenoxy) is 1. The number of benzene rings is 3. The van der Waals surface area contributed by atoms with Crippen molar-refractivity contribution < 1.29 is 32.0 Å². The van der Waals surface area contributed by atoms with Gasteiger partial charge in [0.05, 0.1) is 56.0 Å². The summed E-state index contributed by atoms with van der Waals surface area (Å²) in [6.07, 6.45) is -2.54. The number of aromatic nitrogens is 1. The number of pyridine rings is 1. The smallest absolute Gasteiger partial charge is 0.416 e. The van der Waals surface area contributed by atoms with Crippen molar-refractivity contribution in [2.24, 2.45) is 5.73 Å². The van der Waals surface area contributed by atoms with Crippen molar-refractivity contribution in [1.82, 2.24) is 9.88 Å². The molecule has 1 aromatic heterocycles. The number of nitrogens with two attached hydrogens (primary N) is 1. The minimum atomic E-state index is -4.68. The maximum atomic E-state index is 13.7. The fraction of sp³-hybridized carbons (Fsp3) is 0.250. The van der Waals surface area contributed by atoms with Crippen LogP contribution in [0.2, 0.25) is 0 Å². The first kappa shape index (κ1) is 34.6. The highest BCUT2D eigenvalue weighted by Gasteiger charge is 2.44. The second-order valence-corrected chi connectivity index (χ2v) is 12.4. The molecule has 0 aliphatic carbocycles. The molecular weight excluding hydrogens is 635 g/mol. The quantitative estimate of drug-likeness (QED) is 0.168. The molecule has 2 heterocycles. The highest BCUT2D eigenvalue weighted by Crippen LogP contribution is 2.42. The third-order valence-corrected chi connectivity index (χ3v) is 8.60. The van der Waals surface area contributed by atoms with E-state index >= 15 is 0 Å². The number of anilines is 1. The molecule has 0 fully saturated rings. The maximum Gasteiger partial charge on any atom is 0.416 e. The number of methoxy groups -OCH3 is 1. The number of guanidine groups is 1. The predicted octanol–water partition coefficient (Wildman–Crippen LogP) is 6.27. The number of alkyl halides is 3. The number of likely N-dealkylation sites (N-methyl/N-ethyl adjacent to an activating group) is 1. The molecule has 1 atom stereocenters. The zero-order chi connectivity index (χ0) is 35.7. The number of halogens is 3. The molecule has 0 spiro atoms. The zero-order valence-electron chi connectivity index (χ0n) is 27.4. The van der Waals surface area contributed by atoms with Crippen LogP contribution in [0.4, 0.5) is 23.7 Å². The molecule has 0 saturated heterocycles. The van der Waals surface area contributed by atoms with Gasteiger partial charge in [0.25, 0.3) is 0 Å². The first-order valence-corrected chi connectivity index (χ1v) is 15.3. The van der Waals surface area contributed by atoms with Gasteiger partial charge in [0.2, 0.25) is 5.96 Å². The van der Waals surface area contributed by atoms with Gasteiger partial charge in [0.1, 0.15) is 12.6 Å². The number of esters is 1. The van der Waals surface area contributed by atoms with E-state index in [-0.39, 0.29) is 17.0 Å². The fourth-order valence-electron chi connectivity index (χ4n) is 6.25. The van der Waals surface area contributed by atoms with Gasteiger partial charge >= 0.3 is 18.2 Å². The van der Waals surface area contributed by atoms with Crippen LogP contribution in [-0.2, 0) is 28.7 Å². The first-order chi connectivity index (χ1) is 23.1. The topological polar surface area (TPSA) is 136 Å². The van der Waals surface area contributed by atoms with E-state index in [9.17, 15) is 28.0 Å². The third-order valence-electron chi connectivity index (χ3n) is 8.60. The number of carbonyl (C=O) groups is 2. The van der Waals surface area contributed by atoms with Gasteiger partial charge in [-0.3, -0.25) is 20.2 Å². The van der Waals surface area contributed by atoms with Gasteiger partial charge in [-0.05, 0) is 66.6 Å². The lowest BCUT2D eigenvalue weighted by atomic mass is 9.87. The molecular formula is C36H35F3N7O3+. The average molecular weight is 671 g/mol. The summed E-state index contributed by atoms with van der Waals surface area (Å²) in [6.45, 7) is 2.70. The summed E-state index contributed by atoms with van der Waals surface area (Å²) in [6, 6.07) is 18.7. The number of nitrogens with zero attached hydrogens (tertiary/aromatic N) is 5. The third kappa shape index (κ3) is 7.09. The van der Waals surface area contributed by atoms with Gasteiger partial charge in [-0.1, -0.05) is 24.3 Å². The van der Waals surface area contributed by atoms with Crippen molar-refractivity contribution in [3.63, 3.8) is 0 Å². The molecule has 0 bridgehead atoms. The van der Waals surface area contributed by atoms with Crippen molar-refractivity contribution >= 4 is 34.6 Å². The number of fused-ring (bicyclic) bond motifs is 1. The van der Waals surface area contributed by atoms with Gasteiger partial charge in [-0.2, -0.15) is 18.4 Å². The monoisotopic (exact) mass is 670 g/mol. The Kier molecular flexibility index (Phi) is 9.46. The van der Waals surface area contributed by atoms with E-state index in [1.165, 1.54) is 25.1 Å². The Hall–Kier alpha value is -5.74. The van der Waals surface area contributed by atoms with Gasteiger partial charge in [0.15, 0.2) is 0 Å². The summed E-state index contributed by atoms with van der Waals surface area (Å²) in [7, 11) is 5.26. The van der Waals surface area contributed by atoms with Crippen LogP contribution in [0.25, 0.3) is 10.9 Å². The number of nitrogens with one attached hydrogen (secondary N) is 1. The van der Waals surface area contributed by atoms with E-state index in [4.69, 9.17) is 15.9 Å². The number of allylic oxidation sites excluding steroid dienone is 1. The van der Waals surface area contributed by atoms with Crippen molar-refractivity contribution in [1.29, 1.82) is 10.7 Å². The molecule has 0 radical (unpaired) electrons. The molecule has 252 valence electrons. The molecule has 0 unspecified atom stereocenters. The Morgan fingerprint density at radius 3 is 2.51 bits per heavy atom. The zero-order valence-corrected chi connectivity index (χ0v) is 27.4. The van der Waals surface area contributed by atoms with Crippen LogP contribution in [0.5, 0.6) is 0 Å². The molecule has 49 heavy (non-hydrogen) atoms. The molecule has 1 aliphatic rings. The standard InChI is InChI=1S/C36H34F3N7O3/c1-22-31(33(47)49-4)32(45(35(42)48)34(41)44(22)28-9-5-8-27(19-28)36(37,38)39)29-12-10-23(20-40)17-25(29)14-16-46(2,3)21-24-11-13-30-26(18-24)7-6-15-43-30/h5-13,15,17-19,32,41H,14,16,21H2,1-4H3,(H-,42,48)/p+1/t32-/m1/s1. The van der Waals surface area contributed by atoms with Crippen LogP contribution in [0, 0.1) is 16.7 Å². The lowest BCUT2D eigenvalue weighted by Crippen LogP contribution is -2.55. The van der Waals surface area contributed by atoms with Crippen molar-refractivity contribution in [2.75, 3.05) is 32.6 Å². The fourth-order valence-corrected chi connectivity index (χ4v) is 6.25. The molecule has 10 nitrogen and oxygen atoms in total. The molecule has 3 aromatic carbocycles. The molecule has 13 heteroatoms. The Morgan fingerprint density at radius 2 is 1.84 bits per heavy atom. The van der Waals surface area contributed by atoms with E-state index in [0.717, 1.165) is 45.5 Å². The number of urea groups is 1. The van der Waals surface area contributed by atoms with Crippen LogP contribution in [0.1, 0.15) is 40.8 Å².